The van der Waals surface area contributed by atoms with Gasteiger partial charge in [-0.2, -0.15) is 0 Å². The zero-order chi connectivity index (χ0) is 25.8. The Kier molecular flexibility index (Phi) is 12.1. The summed E-state index contributed by atoms with van der Waals surface area (Å²) < 4.78 is 0. The van der Waals surface area contributed by atoms with Crippen LogP contribution >= 0.6 is 0 Å². The van der Waals surface area contributed by atoms with Crippen molar-refractivity contribution in [2.45, 2.75) is 75.2 Å². The Morgan fingerprint density at radius 1 is 0.941 bits per heavy atom. The van der Waals surface area contributed by atoms with Gasteiger partial charge < -0.3 is 4.98 Å². The topological polar surface area (TPSA) is 28.7 Å². The van der Waals surface area contributed by atoms with Crippen molar-refractivity contribution in [1.29, 1.82) is 0 Å². The zero-order valence-corrected chi connectivity index (χ0v) is 22.9. The molecule has 2 heteroatoms. The Labute approximate surface area is 207 Å². The van der Waals surface area contributed by atoms with Crippen LogP contribution < -0.4 is 10.7 Å². The van der Waals surface area contributed by atoms with Crippen molar-refractivity contribution in [1.82, 2.24) is 9.97 Å². The van der Waals surface area contributed by atoms with Crippen LogP contribution in [0.15, 0.2) is 55.1 Å². The van der Waals surface area contributed by atoms with E-state index in [-0.39, 0.29) is 0 Å². The Bertz CT molecular complexity index is 1200. The average Bonchev–Trinajstić information content (AvgIpc) is 3.18. The van der Waals surface area contributed by atoms with Gasteiger partial charge in [-0.15, -0.1) is 0 Å². The first-order chi connectivity index (χ1) is 16.2. The molecule has 0 saturated heterocycles. The Morgan fingerprint density at radius 3 is 2.03 bits per heavy atom. The van der Waals surface area contributed by atoms with Gasteiger partial charge in [0.2, 0.25) is 0 Å². The third-order valence-electron chi connectivity index (χ3n) is 5.59. The highest BCUT2D eigenvalue weighted by atomic mass is 14.9. The van der Waals surface area contributed by atoms with E-state index in [9.17, 15) is 0 Å². The SMILES string of the molecule is C=C/C=c1/[nH]c(-c2c(C)cc(CC)cc2C)n/c1=C/CC(=C)C.CC.Cc1ccc(C)c(C)c1. The first kappa shape index (κ1) is 28.9. The van der Waals surface area contributed by atoms with Crippen LogP contribution in [0, 0.1) is 34.6 Å². The van der Waals surface area contributed by atoms with Crippen LogP contribution in [0.4, 0.5) is 0 Å². The van der Waals surface area contributed by atoms with Gasteiger partial charge in [0.25, 0.3) is 0 Å². The fourth-order valence-electron chi connectivity index (χ4n) is 3.71. The molecule has 0 spiro atoms. The summed E-state index contributed by atoms with van der Waals surface area (Å²) >= 11 is 0. The predicted octanol–water partition coefficient (Wildman–Crippen LogP) is 7.61. The summed E-state index contributed by atoms with van der Waals surface area (Å²) in [5.41, 5.74) is 10.3. The van der Waals surface area contributed by atoms with E-state index in [1.54, 1.807) is 6.08 Å². The molecular weight excluding hydrogens is 412 g/mol. The lowest BCUT2D eigenvalue weighted by molar-refractivity contribution is 1.12. The van der Waals surface area contributed by atoms with Crippen LogP contribution in [0.1, 0.15) is 67.5 Å². The number of benzene rings is 2. The minimum atomic E-state index is 0.828. The second-order valence-corrected chi connectivity index (χ2v) is 8.70. The summed E-state index contributed by atoms with van der Waals surface area (Å²) in [4.78, 5) is 8.26. The highest BCUT2D eigenvalue weighted by Gasteiger charge is 2.10. The molecule has 0 aliphatic rings. The second kappa shape index (κ2) is 14.2. The summed E-state index contributed by atoms with van der Waals surface area (Å²) in [6.45, 7) is 26.7. The molecule has 0 unspecified atom stereocenters. The summed E-state index contributed by atoms with van der Waals surface area (Å²) in [5, 5.41) is 1.95. The molecule has 0 fully saturated rings. The molecule has 1 aromatic heterocycles. The van der Waals surface area contributed by atoms with Gasteiger partial charge in [-0.3, -0.25) is 0 Å². The maximum atomic E-state index is 4.82. The molecule has 0 aliphatic heterocycles. The molecule has 1 heterocycles. The molecular formula is C32H44N2. The summed E-state index contributed by atoms with van der Waals surface area (Å²) in [6.07, 6.45) is 7.74. The normalized spacial score (nSPS) is 11.3. The fourth-order valence-corrected chi connectivity index (χ4v) is 3.71. The Morgan fingerprint density at radius 2 is 1.56 bits per heavy atom. The first-order valence-electron chi connectivity index (χ1n) is 12.3. The number of aryl methyl sites for hydroxylation is 6. The number of aromatic nitrogens is 2. The lowest BCUT2D eigenvalue weighted by atomic mass is 9.98. The molecule has 1 N–H and O–H groups in total. The molecule has 0 bridgehead atoms. The van der Waals surface area contributed by atoms with Gasteiger partial charge in [0.05, 0.1) is 10.7 Å². The molecule has 3 aromatic rings. The van der Waals surface area contributed by atoms with Crippen molar-refractivity contribution in [3.05, 3.63) is 99.2 Å². The van der Waals surface area contributed by atoms with E-state index in [4.69, 9.17) is 4.98 Å². The number of H-pyrrole nitrogens is 1. The first-order valence-corrected chi connectivity index (χ1v) is 12.3. The molecule has 2 nitrogen and oxygen atoms in total. The van der Waals surface area contributed by atoms with Gasteiger partial charge in [0.1, 0.15) is 5.82 Å². The quantitative estimate of drug-likeness (QED) is 0.393. The van der Waals surface area contributed by atoms with Crippen LogP contribution in [-0.4, -0.2) is 9.97 Å². The molecule has 2 aromatic carbocycles. The van der Waals surface area contributed by atoms with Gasteiger partial charge in [-0.05, 0) is 88.3 Å². The number of imidazole rings is 1. The maximum absolute atomic E-state index is 4.82. The number of rotatable bonds is 5. The second-order valence-electron chi connectivity index (χ2n) is 8.70. The molecule has 0 aliphatic carbocycles. The third kappa shape index (κ3) is 8.33. The number of hydrogen-bond acceptors (Lipinski definition) is 1. The highest BCUT2D eigenvalue weighted by molar-refractivity contribution is 5.65. The van der Waals surface area contributed by atoms with Crippen molar-refractivity contribution >= 4 is 12.2 Å². The Hall–Kier alpha value is -3.13. The molecule has 34 heavy (non-hydrogen) atoms. The Balaban J connectivity index is 0.000000437. The summed E-state index contributed by atoms with van der Waals surface area (Å²) in [6, 6.07) is 11.0. The van der Waals surface area contributed by atoms with E-state index in [1.165, 1.54) is 38.9 Å². The van der Waals surface area contributed by atoms with Gasteiger partial charge in [-0.25, -0.2) is 4.98 Å². The van der Waals surface area contributed by atoms with Gasteiger partial charge in [0, 0.05) is 5.56 Å². The largest absolute Gasteiger partial charge is 0.338 e. The van der Waals surface area contributed by atoms with Crippen molar-refractivity contribution < 1.29 is 0 Å². The zero-order valence-electron chi connectivity index (χ0n) is 22.9. The number of allylic oxidation sites excluding steroid dienone is 2. The van der Waals surface area contributed by atoms with Gasteiger partial charge in [0.15, 0.2) is 0 Å². The van der Waals surface area contributed by atoms with E-state index in [0.717, 1.165) is 34.9 Å². The molecule has 0 atom stereocenters. The number of nitrogens with one attached hydrogen (secondary N) is 1. The van der Waals surface area contributed by atoms with Crippen LogP contribution in [-0.2, 0) is 6.42 Å². The van der Waals surface area contributed by atoms with E-state index < -0.39 is 0 Å². The highest BCUT2D eigenvalue weighted by Crippen LogP contribution is 2.25. The van der Waals surface area contributed by atoms with E-state index in [2.05, 4.69) is 96.1 Å². The third-order valence-corrected chi connectivity index (χ3v) is 5.59. The van der Waals surface area contributed by atoms with Crippen LogP contribution in [0.5, 0.6) is 0 Å². The smallest absolute Gasteiger partial charge is 0.139 e. The lowest BCUT2D eigenvalue weighted by Crippen LogP contribution is -2.23. The van der Waals surface area contributed by atoms with Crippen molar-refractivity contribution in [2.75, 3.05) is 0 Å². The number of hydrogen-bond donors (Lipinski definition) is 1. The van der Waals surface area contributed by atoms with E-state index in [0.29, 0.717) is 0 Å². The predicted molar refractivity (Wildman–Crippen MR) is 153 cm³/mol. The van der Waals surface area contributed by atoms with Crippen LogP contribution in [0.25, 0.3) is 23.5 Å². The molecule has 0 amide bonds. The van der Waals surface area contributed by atoms with Crippen molar-refractivity contribution in [3.63, 3.8) is 0 Å². The van der Waals surface area contributed by atoms with Crippen LogP contribution in [0.2, 0.25) is 0 Å². The maximum Gasteiger partial charge on any atom is 0.139 e. The minimum absolute atomic E-state index is 0.828. The summed E-state index contributed by atoms with van der Waals surface area (Å²) in [5.74, 6) is 0.920. The van der Waals surface area contributed by atoms with Gasteiger partial charge >= 0.3 is 0 Å². The monoisotopic (exact) mass is 456 g/mol. The number of nitrogens with zero attached hydrogens (tertiary/aromatic N) is 1. The lowest BCUT2D eigenvalue weighted by Gasteiger charge is -2.09. The standard InChI is InChI=1S/C21H26N2.C9H12.C2H6/c1-7-9-18-19(11-10-14(3)4)23-21(22-18)20-15(5)12-17(8-2)13-16(20)6;1-7-4-5-8(2)9(3)6-7;1-2/h7,9,11-13H,1,3,8,10H2,2,4-6H3,(H,22,23);4-6H,1-3H3;1-2H3/b18-9+,19-11+;;. The minimum Gasteiger partial charge on any atom is -0.338 e. The fraction of sp³-hybridized carbons (Fsp3) is 0.344. The van der Waals surface area contributed by atoms with Crippen LogP contribution in [0.3, 0.4) is 0 Å². The molecule has 182 valence electrons. The van der Waals surface area contributed by atoms with E-state index in [1.807, 2.05) is 26.8 Å². The number of aromatic amines is 1. The molecule has 3 rings (SSSR count). The van der Waals surface area contributed by atoms with Crippen molar-refractivity contribution in [3.8, 4) is 11.4 Å². The van der Waals surface area contributed by atoms with Crippen molar-refractivity contribution in [2.24, 2.45) is 0 Å². The van der Waals surface area contributed by atoms with E-state index >= 15 is 0 Å². The molecule has 0 radical (unpaired) electrons. The molecule has 0 saturated carbocycles. The average molecular weight is 457 g/mol. The summed E-state index contributed by atoms with van der Waals surface area (Å²) in [7, 11) is 0. The van der Waals surface area contributed by atoms with Gasteiger partial charge in [-0.1, -0.05) is 87.5 Å².